The Morgan fingerprint density at radius 1 is 1.14 bits per heavy atom. The summed E-state index contributed by atoms with van der Waals surface area (Å²) < 4.78 is 0. The smallest absolute Gasteiger partial charge is 0.253 e. The Morgan fingerprint density at radius 2 is 1.86 bits per heavy atom. The molecule has 3 rings (SSSR count). The predicted octanol–water partition coefficient (Wildman–Crippen LogP) is 2.00. The molecule has 2 fully saturated rings. The van der Waals surface area contributed by atoms with Crippen molar-refractivity contribution in [2.75, 3.05) is 25.0 Å². The summed E-state index contributed by atoms with van der Waals surface area (Å²) in [5.41, 5.74) is 1.44. The van der Waals surface area contributed by atoms with Crippen LogP contribution in [0.4, 0.5) is 5.69 Å². The quantitative estimate of drug-likeness (QED) is 0.894. The molecule has 1 unspecified atom stereocenters. The van der Waals surface area contributed by atoms with Gasteiger partial charge in [-0.15, -0.1) is 0 Å². The van der Waals surface area contributed by atoms with Gasteiger partial charge >= 0.3 is 0 Å². The first-order valence-corrected chi connectivity index (χ1v) is 8.15. The Labute approximate surface area is 131 Å². The summed E-state index contributed by atoms with van der Waals surface area (Å²) in [6, 6.07) is 7.51. The molecule has 0 saturated carbocycles. The topological polar surface area (TPSA) is 61.4 Å². The molecular formula is C17H23N3O2. The molecule has 0 aliphatic carbocycles. The fourth-order valence-corrected chi connectivity index (χ4v) is 3.17. The predicted molar refractivity (Wildman–Crippen MR) is 85.9 cm³/mol. The van der Waals surface area contributed by atoms with Gasteiger partial charge in [0.05, 0.1) is 0 Å². The van der Waals surface area contributed by atoms with Gasteiger partial charge in [0.1, 0.15) is 0 Å². The van der Waals surface area contributed by atoms with Gasteiger partial charge in [-0.25, -0.2) is 0 Å². The minimum absolute atomic E-state index is 0.0259. The zero-order chi connectivity index (χ0) is 15.4. The number of anilines is 1. The van der Waals surface area contributed by atoms with Crippen molar-refractivity contribution in [1.82, 2.24) is 10.2 Å². The van der Waals surface area contributed by atoms with Crippen molar-refractivity contribution in [3.63, 3.8) is 0 Å². The van der Waals surface area contributed by atoms with Crippen LogP contribution in [-0.4, -0.2) is 42.4 Å². The van der Waals surface area contributed by atoms with Crippen LogP contribution in [0.3, 0.4) is 0 Å². The van der Waals surface area contributed by atoms with Gasteiger partial charge in [-0.3, -0.25) is 9.59 Å². The van der Waals surface area contributed by atoms with Crippen molar-refractivity contribution in [1.29, 1.82) is 0 Å². The third kappa shape index (κ3) is 3.65. The molecule has 5 nitrogen and oxygen atoms in total. The Hall–Kier alpha value is -1.88. The second kappa shape index (κ2) is 6.92. The van der Waals surface area contributed by atoms with Crippen molar-refractivity contribution >= 4 is 17.5 Å². The third-order valence-corrected chi connectivity index (χ3v) is 4.40. The van der Waals surface area contributed by atoms with Crippen LogP contribution < -0.4 is 10.6 Å². The zero-order valence-corrected chi connectivity index (χ0v) is 12.8. The molecule has 2 aliphatic heterocycles. The average Bonchev–Trinajstić information content (AvgIpc) is 3.20. The Morgan fingerprint density at radius 3 is 2.50 bits per heavy atom. The summed E-state index contributed by atoms with van der Waals surface area (Å²) in [5, 5.41) is 6.22. The summed E-state index contributed by atoms with van der Waals surface area (Å²) in [7, 11) is 0. The summed E-state index contributed by atoms with van der Waals surface area (Å²) in [6.07, 6.45) is 4.90. The van der Waals surface area contributed by atoms with Gasteiger partial charge in [-0.2, -0.15) is 0 Å². The number of amides is 2. The first kappa shape index (κ1) is 15.0. The number of nitrogens with zero attached hydrogens (tertiary/aromatic N) is 1. The minimum Gasteiger partial charge on any atom is -0.339 e. The summed E-state index contributed by atoms with van der Waals surface area (Å²) in [5.74, 6) is 0.114. The van der Waals surface area contributed by atoms with Crippen LogP contribution in [0.2, 0.25) is 0 Å². The standard InChI is InChI=1S/C17H23N3O2/c21-16(12-15-4-3-9-18-15)19-14-7-5-13(6-8-14)17(22)20-10-1-2-11-20/h5-8,15,18H,1-4,9-12H2,(H,19,21). The lowest BCUT2D eigenvalue weighted by atomic mass is 10.1. The van der Waals surface area contributed by atoms with Crippen LogP contribution in [-0.2, 0) is 4.79 Å². The first-order valence-electron chi connectivity index (χ1n) is 8.15. The monoisotopic (exact) mass is 301 g/mol. The van der Waals surface area contributed by atoms with Crippen molar-refractivity contribution in [2.24, 2.45) is 0 Å². The van der Waals surface area contributed by atoms with E-state index < -0.39 is 0 Å². The molecule has 2 amide bonds. The zero-order valence-electron chi connectivity index (χ0n) is 12.8. The largest absolute Gasteiger partial charge is 0.339 e. The van der Waals surface area contributed by atoms with Gasteiger partial charge in [0, 0.05) is 36.8 Å². The lowest BCUT2D eigenvalue weighted by Gasteiger charge is -2.15. The fraction of sp³-hybridized carbons (Fsp3) is 0.529. The number of likely N-dealkylation sites (tertiary alicyclic amines) is 1. The highest BCUT2D eigenvalue weighted by molar-refractivity contribution is 5.96. The maximum absolute atomic E-state index is 12.2. The lowest BCUT2D eigenvalue weighted by Crippen LogP contribution is -2.28. The molecule has 2 N–H and O–H groups in total. The van der Waals surface area contributed by atoms with E-state index in [0.717, 1.165) is 51.0 Å². The number of benzene rings is 1. The number of rotatable bonds is 4. The van der Waals surface area contributed by atoms with Crippen molar-refractivity contribution in [2.45, 2.75) is 38.1 Å². The number of hydrogen-bond donors (Lipinski definition) is 2. The first-order chi connectivity index (χ1) is 10.7. The highest BCUT2D eigenvalue weighted by Crippen LogP contribution is 2.16. The van der Waals surface area contributed by atoms with Gasteiger partial charge in [-0.1, -0.05) is 0 Å². The summed E-state index contributed by atoms with van der Waals surface area (Å²) >= 11 is 0. The van der Waals surface area contributed by atoms with Gasteiger partial charge < -0.3 is 15.5 Å². The maximum Gasteiger partial charge on any atom is 0.253 e. The second-order valence-electron chi connectivity index (χ2n) is 6.12. The molecule has 1 aromatic rings. The van der Waals surface area contributed by atoms with Gasteiger partial charge in [-0.05, 0) is 56.5 Å². The molecule has 0 radical (unpaired) electrons. The Kier molecular flexibility index (Phi) is 4.73. The highest BCUT2D eigenvalue weighted by atomic mass is 16.2. The van der Waals surface area contributed by atoms with Crippen LogP contribution >= 0.6 is 0 Å². The van der Waals surface area contributed by atoms with E-state index >= 15 is 0 Å². The lowest BCUT2D eigenvalue weighted by molar-refractivity contribution is -0.116. The molecule has 0 bridgehead atoms. The van der Waals surface area contributed by atoms with E-state index in [1.807, 2.05) is 17.0 Å². The number of hydrogen-bond acceptors (Lipinski definition) is 3. The van der Waals surface area contributed by atoms with Gasteiger partial charge in [0.15, 0.2) is 0 Å². The van der Waals surface area contributed by atoms with Gasteiger partial charge in [0.2, 0.25) is 5.91 Å². The third-order valence-electron chi connectivity index (χ3n) is 4.40. The van der Waals surface area contributed by atoms with Crippen molar-refractivity contribution in [3.05, 3.63) is 29.8 Å². The molecule has 2 saturated heterocycles. The second-order valence-corrected chi connectivity index (χ2v) is 6.12. The fourth-order valence-electron chi connectivity index (χ4n) is 3.17. The van der Waals surface area contributed by atoms with Gasteiger partial charge in [0.25, 0.3) is 5.91 Å². The molecule has 1 aromatic carbocycles. The molecule has 2 aliphatic rings. The van der Waals surface area contributed by atoms with E-state index in [-0.39, 0.29) is 11.8 Å². The summed E-state index contributed by atoms with van der Waals surface area (Å²) in [6.45, 7) is 2.71. The average molecular weight is 301 g/mol. The van der Waals surface area contributed by atoms with Crippen LogP contribution in [0.25, 0.3) is 0 Å². The van der Waals surface area contributed by atoms with E-state index in [0.29, 0.717) is 18.0 Å². The van der Waals surface area contributed by atoms with E-state index in [9.17, 15) is 9.59 Å². The van der Waals surface area contributed by atoms with E-state index in [4.69, 9.17) is 0 Å². The number of nitrogens with one attached hydrogen (secondary N) is 2. The SMILES string of the molecule is O=C(CC1CCCN1)Nc1ccc(C(=O)N2CCCC2)cc1. The molecule has 0 spiro atoms. The Balaban J connectivity index is 1.54. The summed E-state index contributed by atoms with van der Waals surface area (Å²) in [4.78, 5) is 26.1. The highest BCUT2D eigenvalue weighted by Gasteiger charge is 2.20. The van der Waals surface area contributed by atoms with E-state index in [2.05, 4.69) is 10.6 Å². The molecule has 2 heterocycles. The van der Waals surface area contributed by atoms with Crippen LogP contribution in [0.1, 0.15) is 42.5 Å². The normalized spacial score (nSPS) is 21.1. The molecule has 5 heteroatoms. The van der Waals surface area contributed by atoms with Crippen molar-refractivity contribution in [3.8, 4) is 0 Å². The van der Waals surface area contributed by atoms with E-state index in [1.54, 1.807) is 12.1 Å². The molecule has 1 atom stereocenters. The Bertz CT molecular complexity index is 529. The maximum atomic E-state index is 12.2. The number of carbonyl (C=O) groups excluding carboxylic acids is 2. The number of carbonyl (C=O) groups is 2. The van der Waals surface area contributed by atoms with Crippen LogP contribution in [0.15, 0.2) is 24.3 Å². The molecular weight excluding hydrogens is 278 g/mol. The molecule has 118 valence electrons. The van der Waals surface area contributed by atoms with Crippen LogP contribution in [0, 0.1) is 0 Å². The van der Waals surface area contributed by atoms with Crippen molar-refractivity contribution < 1.29 is 9.59 Å². The molecule has 0 aromatic heterocycles. The molecule has 22 heavy (non-hydrogen) atoms. The van der Waals surface area contributed by atoms with E-state index in [1.165, 1.54) is 0 Å². The van der Waals surface area contributed by atoms with Crippen LogP contribution in [0.5, 0.6) is 0 Å². The minimum atomic E-state index is 0.0259.